The summed E-state index contributed by atoms with van der Waals surface area (Å²) in [5.74, 6) is -2.14. The van der Waals surface area contributed by atoms with Crippen LogP contribution in [-0.2, 0) is 27.6 Å². The maximum absolute atomic E-state index is 13.5. The second-order valence-electron chi connectivity index (χ2n) is 11.8. The van der Waals surface area contributed by atoms with Gasteiger partial charge in [-0.05, 0) is 86.4 Å². The topological polar surface area (TPSA) is 104 Å². The molecular weight excluding hydrogens is 536 g/mol. The molecule has 218 valence electrons. The molecule has 1 aliphatic carbocycles. The van der Waals surface area contributed by atoms with Crippen molar-refractivity contribution in [1.82, 2.24) is 10.2 Å². The normalized spacial score (nSPS) is 14.6. The lowest BCUT2D eigenvalue weighted by atomic mass is 9.90. The van der Waals surface area contributed by atoms with Crippen molar-refractivity contribution < 1.29 is 23.1 Å². The molecule has 0 aliphatic heterocycles. The maximum Gasteiger partial charge on any atom is 0.326 e. The van der Waals surface area contributed by atoms with Crippen molar-refractivity contribution in [1.29, 1.82) is 0 Å². The number of nitrogens with one attached hydrogen (secondary N) is 1. The molecule has 4 rings (SSSR count). The lowest BCUT2D eigenvalue weighted by molar-refractivity contribution is -0.139. The number of aliphatic carboxylic acids is 1. The Balaban J connectivity index is 1.65. The van der Waals surface area contributed by atoms with Gasteiger partial charge in [0.15, 0.2) is 0 Å². The van der Waals surface area contributed by atoms with Crippen LogP contribution in [-0.4, -0.2) is 59.9 Å². The SMILES string of the molecule is Cc1ccccc1-c1cc(CN(C2CC2)C(C)(C)Cc2ccccc2)ccc1C(=O)N[C@@H](CCS(C)(=O)=O)C(=O)O. The van der Waals surface area contributed by atoms with Crippen LogP contribution in [0, 0.1) is 6.92 Å². The van der Waals surface area contributed by atoms with Crippen molar-refractivity contribution in [2.24, 2.45) is 0 Å². The number of hydrogen-bond donors (Lipinski definition) is 2. The number of rotatable bonds is 13. The first-order chi connectivity index (χ1) is 19.3. The molecule has 0 heterocycles. The van der Waals surface area contributed by atoms with Crippen LogP contribution in [0.25, 0.3) is 11.1 Å². The summed E-state index contributed by atoms with van der Waals surface area (Å²) in [5.41, 5.74) is 5.24. The van der Waals surface area contributed by atoms with Crippen LogP contribution in [0.4, 0.5) is 0 Å². The van der Waals surface area contributed by atoms with Gasteiger partial charge in [0.2, 0.25) is 0 Å². The summed E-state index contributed by atoms with van der Waals surface area (Å²) in [6.45, 7) is 7.27. The van der Waals surface area contributed by atoms with E-state index >= 15 is 0 Å². The zero-order chi connectivity index (χ0) is 29.8. The summed E-state index contributed by atoms with van der Waals surface area (Å²) in [5, 5.41) is 12.2. The van der Waals surface area contributed by atoms with Gasteiger partial charge in [-0.25, -0.2) is 13.2 Å². The molecule has 0 unspecified atom stereocenters. The fourth-order valence-corrected chi connectivity index (χ4v) is 6.09. The Morgan fingerprint density at radius 2 is 1.63 bits per heavy atom. The molecule has 0 radical (unpaired) electrons. The number of carbonyl (C=O) groups excluding carboxylic acids is 1. The van der Waals surface area contributed by atoms with Crippen molar-refractivity contribution in [3.05, 3.63) is 95.1 Å². The molecule has 3 aromatic rings. The van der Waals surface area contributed by atoms with Crippen molar-refractivity contribution in [2.75, 3.05) is 12.0 Å². The van der Waals surface area contributed by atoms with Crippen LogP contribution in [0.3, 0.4) is 0 Å². The Morgan fingerprint density at radius 3 is 2.24 bits per heavy atom. The minimum atomic E-state index is -3.38. The number of carbonyl (C=O) groups is 2. The lowest BCUT2D eigenvalue weighted by Gasteiger charge is -2.39. The number of carboxylic acids is 1. The monoisotopic (exact) mass is 576 g/mol. The Kier molecular flexibility index (Phi) is 9.34. The van der Waals surface area contributed by atoms with E-state index in [-0.39, 0.29) is 17.7 Å². The highest BCUT2D eigenvalue weighted by atomic mass is 32.2. The summed E-state index contributed by atoms with van der Waals surface area (Å²) in [6, 6.07) is 23.2. The third-order valence-electron chi connectivity index (χ3n) is 7.74. The first-order valence-corrected chi connectivity index (χ1v) is 16.1. The Hall–Kier alpha value is -3.49. The van der Waals surface area contributed by atoms with Gasteiger partial charge in [0.05, 0.1) is 5.75 Å². The number of sulfone groups is 1. The van der Waals surface area contributed by atoms with Crippen molar-refractivity contribution in [3.63, 3.8) is 0 Å². The molecular formula is C33H40N2O5S. The maximum atomic E-state index is 13.5. The van der Waals surface area contributed by atoms with E-state index in [2.05, 4.69) is 48.3 Å². The number of amides is 1. The predicted octanol–water partition coefficient (Wildman–Crippen LogP) is 5.27. The molecule has 0 bridgehead atoms. The fourth-order valence-electron chi connectivity index (χ4n) is 5.43. The highest BCUT2D eigenvalue weighted by Gasteiger charge is 2.38. The average molecular weight is 577 g/mol. The molecule has 8 heteroatoms. The molecule has 1 atom stereocenters. The Morgan fingerprint density at radius 1 is 0.976 bits per heavy atom. The van der Waals surface area contributed by atoms with Crippen LogP contribution < -0.4 is 5.32 Å². The highest BCUT2D eigenvalue weighted by molar-refractivity contribution is 7.90. The van der Waals surface area contributed by atoms with Crippen molar-refractivity contribution in [2.45, 2.75) is 70.6 Å². The molecule has 1 fully saturated rings. The second kappa shape index (κ2) is 12.6. The quantitative estimate of drug-likeness (QED) is 0.288. The first kappa shape index (κ1) is 30.5. The third kappa shape index (κ3) is 8.27. The van der Waals surface area contributed by atoms with Crippen LogP contribution in [0.1, 0.15) is 60.2 Å². The molecule has 3 aromatic carbocycles. The molecule has 1 aliphatic rings. The highest BCUT2D eigenvalue weighted by Crippen LogP contribution is 2.37. The van der Waals surface area contributed by atoms with Gasteiger partial charge < -0.3 is 10.4 Å². The zero-order valence-corrected chi connectivity index (χ0v) is 25.1. The van der Waals surface area contributed by atoms with Gasteiger partial charge >= 0.3 is 5.97 Å². The Bertz CT molecular complexity index is 1500. The molecule has 2 N–H and O–H groups in total. The van der Waals surface area contributed by atoms with Gasteiger partial charge in [0, 0.05) is 29.9 Å². The second-order valence-corrected chi connectivity index (χ2v) is 14.1. The summed E-state index contributed by atoms with van der Waals surface area (Å²) >= 11 is 0. The van der Waals surface area contributed by atoms with Gasteiger partial charge in [-0.15, -0.1) is 0 Å². The minimum absolute atomic E-state index is 0.0876. The van der Waals surface area contributed by atoms with E-state index in [1.165, 1.54) is 5.56 Å². The molecule has 1 saturated carbocycles. The van der Waals surface area contributed by atoms with Crippen molar-refractivity contribution >= 4 is 21.7 Å². The van der Waals surface area contributed by atoms with Gasteiger partial charge in [-0.2, -0.15) is 0 Å². The number of carboxylic acid groups (broad SMARTS) is 1. The van der Waals surface area contributed by atoms with Gasteiger partial charge in [-0.1, -0.05) is 60.7 Å². The largest absolute Gasteiger partial charge is 0.480 e. The van der Waals surface area contributed by atoms with E-state index in [9.17, 15) is 23.1 Å². The molecule has 0 spiro atoms. The van der Waals surface area contributed by atoms with Crippen LogP contribution in [0.15, 0.2) is 72.8 Å². The van der Waals surface area contributed by atoms with Crippen LogP contribution in [0.5, 0.6) is 0 Å². The summed E-state index contributed by atoms with van der Waals surface area (Å²) in [6.07, 6.45) is 4.08. The molecule has 7 nitrogen and oxygen atoms in total. The molecule has 0 saturated heterocycles. The van der Waals surface area contributed by atoms with Crippen LogP contribution >= 0.6 is 0 Å². The van der Waals surface area contributed by atoms with Gasteiger partial charge in [-0.3, -0.25) is 9.69 Å². The van der Waals surface area contributed by atoms with E-state index in [4.69, 9.17) is 0 Å². The Labute approximate surface area is 243 Å². The van der Waals surface area contributed by atoms with E-state index in [0.717, 1.165) is 54.3 Å². The third-order valence-corrected chi connectivity index (χ3v) is 8.72. The van der Waals surface area contributed by atoms with E-state index in [0.29, 0.717) is 11.6 Å². The van der Waals surface area contributed by atoms with Crippen LogP contribution in [0.2, 0.25) is 0 Å². The minimum Gasteiger partial charge on any atom is -0.480 e. The van der Waals surface area contributed by atoms with E-state index in [1.807, 2.05) is 49.4 Å². The first-order valence-electron chi connectivity index (χ1n) is 14.0. The number of benzene rings is 3. The van der Waals surface area contributed by atoms with Gasteiger partial charge in [0.25, 0.3) is 5.91 Å². The number of hydrogen-bond acceptors (Lipinski definition) is 5. The lowest BCUT2D eigenvalue weighted by Crippen LogP contribution is -2.46. The van der Waals surface area contributed by atoms with E-state index in [1.54, 1.807) is 6.07 Å². The van der Waals surface area contributed by atoms with Gasteiger partial charge in [0.1, 0.15) is 15.9 Å². The summed E-state index contributed by atoms with van der Waals surface area (Å²) < 4.78 is 23.3. The number of aryl methyl sites for hydroxylation is 1. The average Bonchev–Trinajstić information content (AvgIpc) is 3.74. The number of nitrogens with zero attached hydrogens (tertiary/aromatic N) is 1. The molecule has 1 amide bonds. The van der Waals surface area contributed by atoms with E-state index < -0.39 is 27.8 Å². The van der Waals surface area contributed by atoms with Crippen molar-refractivity contribution in [3.8, 4) is 11.1 Å². The zero-order valence-electron chi connectivity index (χ0n) is 24.3. The summed E-state index contributed by atoms with van der Waals surface area (Å²) in [7, 11) is -3.38. The molecule has 0 aromatic heterocycles. The smallest absolute Gasteiger partial charge is 0.326 e. The predicted molar refractivity (Wildman–Crippen MR) is 163 cm³/mol. The molecule has 41 heavy (non-hydrogen) atoms. The summed E-state index contributed by atoms with van der Waals surface area (Å²) in [4.78, 5) is 27.9. The fraction of sp³-hybridized carbons (Fsp3) is 0.394. The standard InChI is InChI=1S/C33H40N2O5S/c1-23-10-8-9-13-27(23)29-20-25(14-17-28(29)31(36)34-30(32(37)38)18-19-41(4,39)40)22-35(26-15-16-26)33(2,3)21-24-11-6-5-7-12-24/h5-14,17,20,26,30H,15-16,18-19,21-22H2,1-4H3,(H,34,36)(H,37,38)/t30-/m0/s1.